The minimum atomic E-state index is -0.236. The van der Waals surface area contributed by atoms with Crippen LogP contribution in [-0.2, 0) is 13.1 Å². The van der Waals surface area contributed by atoms with Gasteiger partial charge in [-0.3, -0.25) is 9.59 Å². The molecule has 8 heteroatoms. The molecule has 0 atom stereocenters. The van der Waals surface area contributed by atoms with E-state index >= 15 is 0 Å². The Bertz CT molecular complexity index is 925. The molecule has 3 rings (SSSR count). The molecule has 2 N–H and O–H groups in total. The van der Waals surface area contributed by atoms with Gasteiger partial charge in [0, 0.05) is 0 Å². The van der Waals surface area contributed by atoms with Crippen LogP contribution in [0.4, 0.5) is 0 Å². The second-order valence-corrected chi connectivity index (χ2v) is 6.75. The number of furan rings is 1. The topological polar surface area (TPSA) is 91.2 Å². The number of hydrogen-bond donors (Lipinski definition) is 2. The average Bonchev–Trinajstić information content (AvgIpc) is 3.12. The number of carbonyl (C=O) groups excluding carboxylic acids is 1. The lowest BCUT2D eigenvalue weighted by molar-refractivity contribution is 0.0951. The van der Waals surface area contributed by atoms with E-state index in [-0.39, 0.29) is 11.5 Å². The van der Waals surface area contributed by atoms with Crippen molar-refractivity contribution in [2.75, 3.05) is 14.1 Å². The summed E-state index contributed by atoms with van der Waals surface area (Å²) in [5.41, 5.74) is 0.438. The first-order valence-electron chi connectivity index (χ1n) is 7.43. The lowest BCUT2D eigenvalue weighted by Crippen LogP contribution is -2.22. The van der Waals surface area contributed by atoms with Crippen LogP contribution in [0, 0.1) is 6.92 Å². The number of rotatable bonds is 5. The van der Waals surface area contributed by atoms with Gasteiger partial charge in [0.15, 0.2) is 0 Å². The molecule has 0 spiro atoms. The number of nitrogens with one attached hydrogen (secondary N) is 2. The van der Waals surface area contributed by atoms with E-state index in [1.165, 1.54) is 11.3 Å². The average molecular weight is 346 g/mol. The number of hydrogen-bond acceptors (Lipinski definition) is 6. The van der Waals surface area contributed by atoms with Crippen LogP contribution >= 0.6 is 11.3 Å². The van der Waals surface area contributed by atoms with Crippen LogP contribution in [0.25, 0.3) is 10.2 Å². The SMILES string of the molecule is Cc1c(C(=O)NCc2ccco2)sc2nc(CN(C)C)[nH]c(=O)c12. The van der Waals surface area contributed by atoms with Gasteiger partial charge in [-0.15, -0.1) is 11.3 Å². The fourth-order valence-electron chi connectivity index (χ4n) is 2.44. The Balaban J connectivity index is 1.91. The molecule has 24 heavy (non-hydrogen) atoms. The molecule has 1 amide bonds. The highest BCUT2D eigenvalue weighted by atomic mass is 32.1. The summed E-state index contributed by atoms with van der Waals surface area (Å²) in [7, 11) is 3.80. The van der Waals surface area contributed by atoms with E-state index in [9.17, 15) is 9.59 Å². The van der Waals surface area contributed by atoms with E-state index in [4.69, 9.17) is 4.42 Å². The highest BCUT2D eigenvalue weighted by Gasteiger charge is 2.19. The number of aromatic amines is 1. The third-order valence-corrected chi connectivity index (χ3v) is 4.71. The van der Waals surface area contributed by atoms with Crippen molar-refractivity contribution in [1.29, 1.82) is 0 Å². The standard InChI is InChI=1S/C16H18N4O3S/c1-9-12-14(21)18-11(8-20(2)3)19-16(12)24-13(9)15(22)17-7-10-5-4-6-23-10/h4-6H,7-8H2,1-3H3,(H,17,22)(H,18,19,21). The molecule has 3 heterocycles. The zero-order valence-corrected chi connectivity index (χ0v) is 14.5. The second kappa shape index (κ2) is 6.58. The predicted octanol–water partition coefficient (Wildman–Crippen LogP) is 1.88. The van der Waals surface area contributed by atoms with Crippen LogP contribution in [0.2, 0.25) is 0 Å². The lowest BCUT2D eigenvalue weighted by atomic mass is 10.2. The Hall–Kier alpha value is -2.45. The maximum atomic E-state index is 12.4. The maximum absolute atomic E-state index is 12.4. The summed E-state index contributed by atoms with van der Waals surface area (Å²) in [5.74, 6) is 1.02. The van der Waals surface area contributed by atoms with Crippen molar-refractivity contribution < 1.29 is 9.21 Å². The summed E-state index contributed by atoms with van der Waals surface area (Å²) in [5, 5.41) is 3.28. The van der Waals surface area contributed by atoms with Crippen LogP contribution in [0.3, 0.4) is 0 Å². The number of H-pyrrole nitrogens is 1. The predicted molar refractivity (Wildman–Crippen MR) is 92.2 cm³/mol. The van der Waals surface area contributed by atoms with Gasteiger partial charge in [-0.1, -0.05) is 0 Å². The summed E-state index contributed by atoms with van der Waals surface area (Å²) < 4.78 is 5.20. The van der Waals surface area contributed by atoms with Gasteiger partial charge in [-0.2, -0.15) is 0 Å². The van der Waals surface area contributed by atoms with Crippen LogP contribution in [0.15, 0.2) is 27.6 Å². The van der Waals surface area contributed by atoms with Crippen LogP contribution in [0.5, 0.6) is 0 Å². The molecule has 0 aliphatic heterocycles. The first-order valence-corrected chi connectivity index (χ1v) is 8.25. The second-order valence-electron chi connectivity index (χ2n) is 5.75. The number of nitrogens with zero attached hydrogens (tertiary/aromatic N) is 2. The molecule has 0 radical (unpaired) electrons. The molecule has 0 aliphatic carbocycles. The molecule has 126 valence electrons. The van der Waals surface area contributed by atoms with E-state index in [0.717, 1.165) is 0 Å². The van der Waals surface area contributed by atoms with Gasteiger partial charge in [-0.25, -0.2) is 4.98 Å². The first-order chi connectivity index (χ1) is 11.5. The molecule has 0 fully saturated rings. The molecule has 0 unspecified atom stereocenters. The Labute approximate surface area is 142 Å². The monoisotopic (exact) mass is 346 g/mol. The zero-order valence-electron chi connectivity index (χ0n) is 13.7. The quantitative estimate of drug-likeness (QED) is 0.736. The smallest absolute Gasteiger partial charge is 0.262 e. The highest BCUT2D eigenvalue weighted by molar-refractivity contribution is 7.20. The third kappa shape index (κ3) is 3.24. The van der Waals surface area contributed by atoms with E-state index in [2.05, 4.69) is 15.3 Å². The molecule has 0 aromatic carbocycles. The third-order valence-electron chi connectivity index (χ3n) is 3.53. The van der Waals surface area contributed by atoms with E-state index in [1.54, 1.807) is 25.3 Å². The van der Waals surface area contributed by atoms with E-state index in [1.807, 2.05) is 19.0 Å². The zero-order chi connectivity index (χ0) is 17.3. The molecule has 3 aromatic rings. The summed E-state index contributed by atoms with van der Waals surface area (Å²) in [6.07, 6.45) is 1.56. The normalized spacial score (nSPS) is 11.3. The van der Waals surface area contributed by atoms with Gasteiger partial charge in [0.2, 0.25) is 0 Å². The van der Waals surface area contributed by atoms with Crippen LogP contribution in [0.1, 0.15) is 26.8 Å². The number of thiophene rings is 1. The Morgan fingerprint density at radius 2 is 2.25 bits per heavy atom. The number of aryl methyl sites for hydroxylation is 1. The molecule has 7 nitrogen and oxygen atoms in total. The maximum Gasteiger partial charge on any atom is 0.262 e. The Morgan fingerprint density at radius 3 is 2.92 bits per heavy atom. The van der Waals surface area contributed by atoms with Crippen molar-refractivity contribution in [3.05, 3.63) is 50.8 Å². The van der Waals surface area contributed by atoms with Crippen molar-refractivity contribution in [2.45, 2.75) is 20.0 Å². The fraction of sp³-hybridized carbons (Fsp3) is 0.312. The summed E-state index contributed by atoms with van der Waals surface area (Å²) in [4.78, 5) is 35.0. The van der Waals surface area contributed by atoms with E-state index in [0.29, 0.717) is 45.3 Å². The van der Waals surface area contributed by atoms with Gasteiger partial charge < -0.3 is 19.6 Å². The summed E-state index contributed by atoms with van der Waals surface area (Å²) in [6.45, 7) is 2.60. The van der Waals surface area contributed by atoms with Crippen molar-refractivity contribution in [3.8, 4) is 0 Å². The molecule has 0 aliphatic rings. The van der Waals surface area contributed by atoms with Crippen molar-refractivity contribution >= 4 is 27.5 Å². The van der Waals surface area contributed by atoms with Gasteiger partial charge in [0.1, 0.15) is 16.4 Å². The molecule has 0 bridgehead atoms. The summed E-state index contributed by atoms with van der Waals surface area (Å²) >= 11 is 1.23. The van der Waals surface area contributed by atoms with E-state index < -0.39 is 0 Å². The number of fused-ring (bicyclic) bond motifs is 1. The highest BCUT2D eigenvalue weighted by Crippen LogP contribution is 2.27. The van der Waals surface area contributed by atoms with Crippen LogP contribution < -0.4 is 10.9 Å². The molecule has 3 aromatic heterocycles. The van der Waals surface area contributed by atoms with Crippen molar-refractivity contribution in [2.24, 2.45) is 0 Å². The molecular weight excluding hydrogens is 328 g/mol. The van der Waals surface area contributed by atoms with Gasteiger partial charge in [0.25, 0.3) is 11.5 Å². The van der Waals surface area contributed by atoms with Gasteiger partial charge in [0.05, 0.1) is 29.6 Å². The molecule has 0 saturated carbocycles. The number of aromatic nitrogens is 2. The van der Waals surface area contributed by atoms with Crippen LogP contribution in [-0.4, -0.2) is 34.9 Å². The Kier molecular flexibility index (Phi) is 4.50. The summed E-state index contributed by atoms with van der Waals surface area (Å²) in [6, 6.07) is 3.56. The minimum Gasteiger partial charge on any atom is -0.467 e. The van der Waals surface area contributed by atoms with Crippen molar-refractivity contribution in [3.63, 3.8) is 0 Å². The van der Waals surface area contributed by atoms with Gasteiger partial charge >= 0.3 is 0 Å². The lowest BCUT2D eigenvalue weighted by Gasteiger charge is -2.07. The van der Waals surface area contributed by atoms with Crippen molar-refractivity contribution in [1.82, 2.24) is 20.2 Å². The Morgan fingerprint density at radius 1 is 1.46 bits per heavy atom. The first kappa shape index (κ1) is 16.4. The fourth-order valence-corrected chi connectivity index (χ4v) is 3.56. The van der Waals surface area contributed by atoms with Gasteiger partial charge in [-0.05, 0) is 38.7 Å². The minimum absolute atomic E-state index is 0.212. The number of amides is 1. The largest absolute Gasteiger partial charge is 0.467 e. The molecular formula is C16H18N4O3S. The molecule has 0 saturated heterocycles. The number of carbonyl (C=O) groups is 1.